The van der Waals surface area contributed by atoms with Crippen molar-refractivity contribution in [3.05, 3.63) is 29.3 Å². The highest BCUT2D eigenvalue weighted by molar-refractivity contribution is 5.98. The molecule has 1 aromatic carbocycles. The van der Waals surface area contributed by atoms with E-state index < -0.39 is 0 Å². The van der Waals surface area contributed by atoms with Gasteiger partial charge in [-0.25, -0.2) is 0 Å². The van der Waals surface area contributed by atoms with Gasteiger partial charge in [0.2, 0.25) is 5.91 Å². The molecule has 0 spiro atoms. The van der Waals surface area contributed by atoms with Gasteiger partial charge >= 0.3 is 0 Å². The molecule has 0 aliphatic heterocycles. The summed E-state index contributed by atoms with van der Waals surface area (Å²) in [6.45, 7) is 9.98. The summed E-state index contributed by atoms with van der Waals surface area (Å²) in [5, 5.41) is 12.7. The Balaban J connectivity index is 2.96. The van der Waals surface area contributed by atoms with Gasteiger partial charge in [0.25, 0.3) is 5.91 Å². The van der Waals surface area contributed by atoms with Gasteiger partial charge in [-0.15, -0.1) is 0 Å². The molecule has 0 aromatic heterocycles. The van der Waals surface area contributed by atoms with Crippen molar-refractivity contribution >= 4 is 11.8 Å². The molecule has 2 amide bonds. The van der Waals surface area contributed by atoms with Gasteiger partial charge in [-0.05, 0) is 44.4 Å². The van der Waals surface area contributed by atoms with Crippen LogP contribution in [-0.4, -0.2) is 41.0 Å². The lowest BCUT2D eigenvalue weighted by molar-refractivity contribution is -0.122. The molecule has 0 bridgehead atoms. The second-order valence-electron chi connectivity index (χ2n) is 5.97. The first-order chi connectivity index (χ1) is 10.3. The average Bonchev–Trinajstić information content (AvgIpc) is 2.43. The van der Waals surface area contributed by atoms with Crippen molar-refractivity contribution in [2.45, 2.75) is 46.6 Å². The zero-order chi connectivity index (χ0) is 16.9. The first-order valence-electron chi connectivity index (χ1n) is 7.67. The average molecular weight is 306 g/mol. The van der Waals surface area contributed by atoms with Crippen LogP contribution in [0.4, 0.5) is 0 Å². The molecule has 0 saturated heterocycles. The Hall–Kier alpha value is -2.04. The molecule has 1 aromatic rings. The molecule has 0 aliphatic carbocycles. The van der Waals surface area contributed by atoms with Crippen LogP contribution in [0.1, 0.15) is 56.5 Å². The molecule has 0 aliphatic rings. The molecular weight excluding hydrogens is 280 g/mol. The molecule has 22 heavy (non-hydrogen) atoms. The number of nitrogens with zero attached hydrogens (tertiary/aromatic N) is 1. The molecule has 0 heterocycles. The van der Waals surface area contributed by atoms with E-state index in [4.69, 9.17) is 0 Å². The maximum atomic E-state index is 12.6. The van der Waals surface area contributed by atoms with Gasteiger partial charge in [0.15, 0.2) is 0 Å². The number of rotatable bonds is 6. The summed E-state index contributed by atoms with van der Waals surface area (Å²) in [4.78, 5) is 25.9. The quantitative estimate of drug-likeness (QED) is 0.848. The minimum Gasteiger partial charge on any atom is -0.507 e. The number of nitrogens with one attached hydrogen (secondary N) is 1. The van der Waals surface area contributed by atoms with E-state index in [-0.39, 0.29) is 41.6 Å². The first kappa shape index (κ1) is 18.0. The number of carbonyl (C=O) groups excluding carboxylic acids is 2. The molecule has 0 fully saturated rings. The van der Waals surface area contributed by atoms with Crippen molar-refractivity contribution in [1.29, 1.82) is 0 Å². The number of likely N-dealkylation sites (N-methyl/N-ethyl adjacent to an activating group) is 1. The van der Waals surface area contributed by atoms with E-state index in [0.717, 1.165) is 5.56 Å². The number of carbonyl (C=O) groups is 2. The number of amides is 2. The fourth-order valence-corrected chi connectivity index (χ4v) is 2.12. The Morgan fingerprint density at radius 3 is 2.36 bits per heavy atom. The maximum absolute atomic E-state index is 12.6. The van der Waals surface area contributed by atoms with Crippen molar-refractivity contribution in [3.8, 4) is 5.75 Å². The van der Waals surface area contributed by atoms with Crippen LogP contribution in [0.2, 0.25) is 0 Å². The molecule has 0 atom stereocenters. The maximum Gasteiger partial charge on any atom is 0.258 e. The number of aromatic hydroxyl groups is 1. The molecule has 2 N–H and O–H groups in total. The molecular formula is C17H26N2O3. The third kappa shape index (κ3) is 4.76. The zero-order valence-corrected chi connectivity index (χ0v) is 14.0. The Morgan fingerprint density at radius 2 is 1.86 bits per heavy atom. The topological polar surface area (TPSA) is 69.6 Å². The standard InChI is InChI=1S/C17H26N2O3/c1-6-19(10-16(21)18-12(4)5)17(22)14-9-13(11(2)3)7-8-15(14)20/h7-9,11-12,20H,6,10H2,1-5H3,(H,18,21). The molecule has 5 heteroatoms. The van der Waals surface area contributed by atoms with E-state index in [2.05, 4.69) is 5.32 Å². The highest BCUT2D eigenvalue weighted by Gasteiger charge is 2.21. The summed E-state index contributed by atoms with van der Waals surface area (Å²) in [7, 11) is 0. The summed E-state index contributed by atoms with van der Waals surface area (Å²) in [6, 6.07) is 5.06. The fraction of sp³-hybridized carbons (Fsp3) is 0.529. The normalized spacial score (nSPS) is 10.9. The van der Waals surface area contributed by atoms with Crippen LogP contribution in [0.15, 0.2) is 18.2 Å². The van der Waals surface area contributed by atoms with E-state index in [1.807, 2.05) is 34.6 Å². The fourth-order valence-electron chi connectivity index (χ4n) is 2.12. The van der Waals surface area contributed by atoms with Crippen LogP contribution in [0, 0.1) is 0 Å². The second-order valence-corrected chi connectivity index (χ2v) is 5.97. The predicted molar refractivity (Wildman–Crippen MR) is 87.1 cm³/mol. The van der Waals surface area contributed by atoms with E-state index in [0.29, 0.717) is 6.54 Å². The van der Waals surface area contributed by atoms with Gasteiger partial charge in [-0.1, -0.05) is 19.9 Å². The summed E-state index contributed by atoms with van der Waals surface area (Å²) in [5.41, 5.74) is 1.22. The minimum atomic E-state index is -0.332. The van der Waals surface area contributed by atoms with E-state index >= 15 is 0 Å². The molecule has 1 rings (SSSR count). The van der Waals surface area contributed by atoms with Crippen molar-refractivity contribution in [2.24, 2.45) is 0 Å². The number of hydrogen-bond donors (Lipinski definition) is 2. The monoisotopic (exact) mass is 306 g/mol. The van der Waals surface area contributed by atoms with Crippen molar-refractivity contribution in [1.82, 2.24) is 10.2 Å². The van der Waals surface area contributed by atoms with Crippen LogP contribution in [0.25, 0.3) is 0 Å². The van der Waals surface area contributed by atoms with Crippen molar-refractivity contribution in [2.75, 3.05) is 13.1 Å². The Bertz CT molecular complexity index is 539. The summed E-state index contributed by atoms with van der Waals surface area (Å²) >= 11 is 0. The number of benzene rings is 1. The highest BCUT2D eigenvalue weighted by Crippen LogP contribution is 2.24. The van der Waals surface area contributed by atoms with E-state index in [1.165, 1.54) is 11.0 Å². The largest absolute Gasteiger partial charge is 0.507 e. The number of hydrogen-bond acceptors (Lipinski definition) is 3. The Morgan fingerprint density at radius 1 is 1.23 bits per heavy atom. The van der Waals surface area contributed by atoms with Gasteiger partial charge in [-0.3, -0.25) is 9.59 Å². The van der Waals surface area contributed by atoms with Gasteiger partial charge < -0.3 is 15.3 Å². The van der Waals surface area contributed by atoms with Crippen LogP contribution < -0.4 is 5.32 Å². The smallest absolute Gasteiger partial charge is 0.258 e. The molecule has 0 radical (unpaired) electrons. The van der Waals surface area contributed by atoms with Crippen LogP contribution in [-0.2, 0) is 4.79 Å². The third-order valence-electron chi connectivity index (χ3n) is 3.37. The lowest BCUT2D eigenvalue weighted by Crippen LogP contribution is -2.42. The Kier molecular flexibility index (Phi) is 6.40. The zero-order valence-electron chi connectivity index (χ0n) is 14.0. The first-order valence-corrected chi connectivity index (χ1v) is 7.67. The lowest BCUT2D eigenvalue weighted by Gasteiger charge is -2.22. The Labute approximate surface area is 132 Å². The minimum absolute atomic E-state index is 0.0150. The lowest BCUT2D eigenvalue weighted by atomic mass is 9.99. The van der Waals surface area contributed by atoms with Crippen molar-refractivity contribution in [3.63, 3.8) is 0 Å². The highest BCUT2D eigenvalue weighted by atomic mass is 16.3. The van der Waals surface area contributed by atoms with Gasteiger partial charge in [0.1, 0.15) is 5.75 Å². The summed E-state index contributed by atoms with van der Waals surface area (Å²) in [6.07, 6.45) is 0. The van der Waals surface area contributed by atoms with Gasteiger partial charge in [0, 0.05) is 12.6 Å². The van der Waals surface area contributed by atoms with Gasteiger partial charge in [0.05, 0.1) is 12.1 Å². The van der Waals surface area contributed by atoms with Crippen LogP contribution >= 0.6 is 0 Å². The summed E-state index contributed by atoms with van der Waals surface area (Å²) in [5.74, 6) is -0.338. The van der Waals surface area contributed by atoms with Gasteiger partial charge in [-0.2, -0.15) is 0 Å². The van der Waals surface area contributed by atoms with Crippen LogP contribution in [0.5, 0.6) is 5.75 Å². The third-order valence-corrected chi connectivity index (χ3v) is 3.37. The van der Waals surface area contributed by atoms with Crippen LogP contribution in [0.3, 0.4) is 0 Å². The molecule has 122 valence electrons. The molecule has 0 saturated carbocycles. The number of phenols is 1. The molecule has 0 unspecified atom stereocenters. The predicted octanol–water partition coefficient (Wildman–Crippen LogP) is 2.50. The molecule has 5 nitrogen and oxygen atoms in total. The van der Waals surface area contributed by atoms with E-state index in [1.54, 1.807) is 12.1 Å². The SMILES string of the molecule is CCN(CC(=O)NC(C)C)C(=O)c1cc(C(C)C)ccc1O. The van der Waals surface area contributed by atoms with Crippen molar-refractivity contribution < 1.29 is 14.7 Å². The van der Waals surface area contributed by atoms with E-state index in [9.17, 15) is 14.7 Å². The number of phenolic OH excluding ortho intramolecular Hbond substituents is 1. The second kappa shape index (κ2) is 7.82. The summed E-state index contributed by atoms with van der Waals surface area (Å²) < 4.78 is 0.